The molecule has 2 rings (SSSR count). The van der Waals surface area contributed by atoms with Gasteiger partial charge in [-0.15, -0.1) is 0 Å². The van der Waals surface area contributed by atoms with Crippen molar-refractivity contribution < 1.29 is 4.79 Å². The molecule has 0 saturated heterocycles. The normalized spacial score (nSPS) is 13.4. The number of thioether (sulfide) groups is 1. The number of benzene rings is 1. The highest BCUT2D eigenvalue weighted by Gasteiger charge is 2.17. The molecule has 0 bridgehead atoms. The lowest BCUT2D eigenvalue weighted by atomic mass is 9.96. The predicted molar refractivity (Wildman–Crippen MR) is 89.8 cm³/mol. The summed E-state index contributed by atoms with van der Waals surface area (Å²) in [5.41, 5.74) is 1.26. The SMILES string of the molecule is CC[C@H](CNC(=O)[C@@H](C)Sc1ncccn1)c1ccccc1. The molecule has 1 aromatic carbocycles. The predicted octanol–water partition coefficient (Wildman–Crippen LogP) is 3.27. The smallest absolute Gasteiger partial charge is 0.233 e. The summed E-state index contributed by atoms with van der Waals surface area (Å²) in [5.74, 6) is 0.363. The maximum Gasteiger partial charge on any atom is 0.233 e. The second kappa shape index (κ2) is 8.54. The van der Waals surface area contributed by atoms with Gasteiger partial charge in [0.15, 0.2) is 5.16 Å². The van der Waals surface area contributed by atoms with Crippen molar-refractivity contribution in [2.45, 2.75) is 36.6 Å². The van der Waals surface area contributed by atoms with Crippen molar-refractivity contribution in [1.82, 2.24) is 15.3 Å². The van der Waals surface area contributed by atoms with Crippen LogP contribution in [0.3, 0.4) is 0 Å². The first kappa shape index (κ1) is 16.5. The summed E-state index contributed by atoms with van der Waals surface area (Å²) in [6, 6.07) is 12.1. The van der Waals surface area contributed by atoms with Crippen LogP contribution in [0.5, 0.6) is 0 Å². The molecule has 22 heavy (non-hydrogen) atoms. The highest BCUT2D eigenvalue weighted by atomic mass is 32.2. The lowest BCUT2D eigenvalue weighted by Gasteiger charge is -2.18. The molecule has 0 aliphatic carbocycles. The zero-order chi connectivity index (χ0) is 15.8. The Bertz CT molecular complexity index is 577. The van der Waals surface area contributed by atoms with Crippen LogP contribution in [0, 0.1) is 0 Å². The van der Waals surface area contributed by atoms with E-state index in [1.807, 2.05) is 25.1 Å². The Hall–Kier alpha value is -1.88. The van der Waals surface area contributed by atoms with Gasteiger partial charge in [0.05, 0.1) is 5.25 Å². The Labute approximate surface area is 135 Å². The van der Waals surface area contributed by atoms with Gasteiger partial charge in [0.2, 0.25) is 5.91 Å². The summed E-state index contributed by atoms with van der Waals surface area (Å²) in [6.45, 7) is 4.67. The van der Waals surface area contributed by atoms with E-state index in [2.05, 4.69) is 34.3 Å². The number of hydrogen-bond acceptors (Lipinski definition) is 4. The van der Waals surface area contributed by atoms with E-state index >= 15 is 0 Å². The fourth-order valence-corrected chi connectivity index (χ4v) is 2.90. The Morgan fingerprint density at radius 2 is 1.86 bits per heavy atom. The molecule has 1 N–H and O–H groups in total. The van der Waals surface area contributed by atoms with Gasteiger partial charge in [0, 0.05) is 24.9 Å². The van der Waals surface area contributed by atoms with Gasteiger partial charge < -0.3 is 5.32 Å². The minimum Gasteiger partial charge on any atom is -0.355 e. The molecule has 0 fully saturated rings. The molecule has 1 aromatic heterocycles. The zero-order valence-electron chi connectivity index (χ0n) is 12.9. The van der Waals surface area contributed by atoms with Crippen LogP contribution in [-0.2, 0) is 4.79 Å². The van der Waals surface area contributed by atoms with E-state index in [9.17, 15) is 4.79 Å². The third-order valence-electron chi connectivity index (χ3n) is 3.48. The second-order valence-electron chi connectivity index (χ2n) is 5.05. The van der Waals surface area contributed by atoms with E-state index in [1.165, 1.54) is 17.3 Å². The molecule has 0 radical (unpaired) electrons. The Kier molecular flexibility index (Phi) is 6.40. The molecule has 2 atom stereocenters. The lowest BCUT2D eigenvalue weighted by Crippen LogP contribution is -2.34. The van der Waals surface area contributed by atoms with Gasteiger partial charge in [0.1, 0.15) is 0 Å². The molecular weight excluding hydrogens is 294 g/mol. The van der Waals surface area contributed by atoms with Crippen molar-refractivity contribution in [3.8, 4) is 0 Å². The zero-order valence-corrected chi connectivity index (χ0v) is 13.7. The van der Waals surface area contributed by atoms with Gasteiger partial charge in [-0.3, -0.25) is 4.79 Å². The Balaban J connectivity index is 1.86. The molecule has 0 aliphatic heterocycles. The van der Waals surface area contributed by atoms with Crippen LogP contribution in [0.2, 0.25) is 0 Å². The summed E-state index contributed by atoms with van der Waals surface area (Å²) < 4.78 is 0. The third kappa shape index (κ3) is 4.84. The highest BCUT2D eigenvalue weighted by molar-refractivity contribution is 8.00. The van der Waals surface area contributed by atoms with Crippen LogP contribution in [0.1, 0.15) is 31.7 Å². The number of rotatable bonds is 7. The first-order valence-corrected chi connectivity index (χ1v) is 8.35. The fourth-order valence-electron chi connectivity index (χ4n) is 2.15. The molecule has 4 nitrogen and oxygen atoms in total. The van der Waals surface area contributed by atoms with Gasteiger partial charge in [-0.05, 0) is 25.0 Å². The van der Waals surface area contributed by atoms with Crippen molar-refractivity contribution in [2.24, 2.45) is 0 Å². The third-order valence-corrected chi connectivity index (χ3v) is 4.47. The van der Waals surface area contributed by atoms with Gasteiger partial charge in [-0.25, -0.2) is 9.97 Å². The molecule has 5 heteroatoms. The lowest BCUT2D eigenvalue weighted by molar-refractivity contribution is -0.120. The van der Waals surface area contributed by atoms with Gasteiger partial charge in [0.25, 0.3) is 0 Å². The van der Waals surface area contributed by atoms with E-state index in [0.717, 1.165) is 6.42 Å². The van der Waals surface area contributed by atoms with Crippen molar-refractivity contribution in [1.29, 1.82) is 0 Å². The highest BCUT2D eigenvalue weighted by Crippen LogP contribution is 2.20. The fraction of sp³-hybridized carbons (Fsp3) is 0.353. The maximum atomic E-state index is 12.2. The van der Waals surface area contributed by atoms with Crippen LogP contribution >= 0.6 is 11.8 Å². The molecule has 0 spiro atoms. The van der Waals surface area contributed by atoms with Crippen LogP contribution in [0.15, 0.2) is 53.9 Å². The van der Waals surface area contributed by atoms with Crippen molar-refractivity contribution >= 4 is 17.7 Å². The van der Waals surface area contributed by atoms with E-state index < -0.39 is 0 Å². The van der Waals surface area contributed by atoms with Crippen LogP contribution in [0.4, 0.5) is 0 Å². The maximum absolute atomic E-state index is 12.2. The van der Waals surface area contributed by atoms with E-state index in [-0.39, 0.29) is 11.2 Å². The molecule has 1 heterocycles. The average Bonchev–Trinajstić information content (AvgIpc) is 2.57. The van der Waals surface area contributed by atoms with Gasteiger partial charge in [-0.2, -0.15) is 0 Å². The van der Waals surface area contributed by atoms with Crippen LogP contribution in [0.25, 0.3) is 0 Å². The van der Waals surface area contributed by atoms with Gasteiger partial charge >= 0.3 is 0 Å². The number of nitrogens with one attached hydrogen (secondary N) is 1. The summed E-state index contributed by atoms with van der Waals surface area (Å²) in [6.07, 6.45) is 4.36. The Morgan fingerprint density at radius 1 is 1.18 bits per heavy atom. The topological polar surface area (TPSA) is 54.9 Å². The van der Waals surface area contributed by atoms with Crippen LogP contribution < -0.4 is 5.32 Å². The number of nitrogens with zero attached hydrogens (tertiary/aromatic N) is 2. The minimum absolute atomic E-state index is 0.0202. The number of amides is 1. The molecule has 116 valence electrons. The van der Waals surface area contributed by atoms with Crippen LogP contribution in [-0.4, -0.2) is 27.7 Å². The molecule has 2 aromatic rings. The number of carbonyl (C=O) groups excluding carboxylic acids is 1. The van der Waals surface area contributed by atoms with E-state index in [0.29, 0.717) is 17.6 Å². The largest absolute Gasteiger partial charge is 0.355 e. The quantitative estimate of drug-likeness (QED) is 0.629. The average molecular weight is 315 g/mol. The van der Waals surface area contributed by atoms with Crippen molar-refractivity contribution in [3.05, 3.63) is 54.4 Å². The second-order valence-corrected chi connectivity index (χ2v) is 6.36. The number of aromatic nitrogens is 2. The van der Waals surface area contributed by atoms with E-state index in [1.54, 1.807) is 18.5 Å². The summed E-state index contributed by atoms with van der Waals surface area (Å²) in [5, 5.41) is 3.45. The summed E-state index contributed by atoms with van der Waals surface area (Å²) >= 11 is 1.37. The Morgan fingerprint density at radius 3 is 2.50 bits per heavy atom. The number of carbonyl (C=O) groups is 1. The van der Waals surface area contributed by atoms with E-state index in [4.69, 9.17) is 0 Å². The molecule has 0 aliphatic rings. The van der Waals surface area contributed by atoms with Crippen molar-refractivity contribution in [2.75, 3.05) is 6.54 Å². The molecule has 0 unspecified atom stereocenters. The van der Waals surface area contributed by atoms with Gasteiger partial charge in [-0.1, -0.05) is 49.0 Å². The number of hydrogen-bond donors (Lipinski definition) is 1. The van der Waals surface area contributed by atoms with Crippen molar-refractivity contribution in [3.63, 3.8) is 0 Å². The molecule has 0 saturated carbocycles. The monoisotopic (exact) mass is 315 g/mol. The first-order chi connectivity index (χ1) is 10.7. The molecular formula is C17H21N3OS. The first-order valence-electron chi connectivity index (χ1n) is 7.47. The standard InChI is InChI=1S/C17H21N3OS/c1-3-14(15-8-5-4-6-9-15)12-20-16(21)13(2)22-17-18-10-7-11-19-17/h4-11,13-14H,3,12H2,1-2H3,(H,20,21)/t13-,14-/m1/s1. The summed E-state index contributed by atoms with van der Waals surface area (Å²) in [7, 11) is 0. The molecule has 1 amide bonds. The summed E-state index contributed by atoms with van der Waals surface area (Å²) in [4.78, 5) is 20.5. The minimum atomic E-state index is -0.212.